The molecule has 0 aromatic heterocycles. The molecule has 0 radical (unpaired) electrons. The van der Waals surface area contributed by atoms with Gasteiger partial charge in [0.15, 0.2) is 6.61 Å². The fourth-order valence-corrected chi connectivity index (χ4v) is 3.81. The maximum absolute atomic E-state index is 13.4. The Balaban J connectivity index is 1.85. The molecule has 0 unspecified atom stereocenters. The second-order valence-electron chi connectivity index (χ2n) is 7.76. The average Bonchev–Trinajstić information content (AvgIpc) is 2.85. The van der Waals surface area contributed by atoms with E-state index < -0.39 is 6.04 Å². The first-order valence-corrected chi connectivity index (χ1v) is 11.4. The number of amides is 2. The van der Waals surface area contributed by atoms with Gasteiger partial charge in [-0.05, 0) is 47.4 Å². The minimum atomic E-state index is -0.699. The summed E-state index contributed by atoms with van der Waals surface area (Å²) in [5, 5.41) is 3.28. The number of likely N-dealkylation sites (N-methyl/N-ethyl adjacent to an activating group) is 1. The molecule has 0 bridgehead atoms. The van der Waals surface area contributed by atoms with Crippen molar-refractivity contribution in [3.8, 4) is 5.75 Å². The molecule has 0 fully saturated rings. The van der Waals surface area contributed by atoms with Gasteiger partial charge in [-0.25, -0.2) is 0 Å². The van der Waals surface area contributed by atoms with Gasteiger partial charge in [-0.3, -0.25) is 9.59 Å². The van der Waals surface area contributed by atoms with E-state index in [4.69, 9.17) is 16.3 Å². The molecule has 3 aromatic carbocycles. The summed E-state index contributed by atoms with van der Waals surface area (Å²) in [6.07, 6.45) is 1.32. The molecule has 0 aliphatic carbocycles. The van der Waals surface area contributed by atoms with E-state index in [0.717, 1.165) is 17.5 Å². The third kappa shape index (κ3) is 7.09. The first kappa shape index (κ1) is 24.3. The fourth-order valence-electron chi connectivity index (χ4n) is 3.60. The summed E-state index contributed by atoms with van der Waals surface area (Å²) < 4.78 is 5.77. The molecule has 6 heteroatoms. The second-order valence-corrected chi connectivity index (χ2v) is 8.19. The van der Waals surface area contributed by atoms with Crippen molar-refractivity contribution in [3.05, 3.63) is 101 Å². The highest BCUT2D eigenvalue weighted by atomic mass is 35.5. The molecule has 2 amide bonds. The van der Waals surface area contributed by atoms with Crippen molar-refractivity contribution in [1.29, 1.82) is 0 Å². The number of hydrogen-bond acceptors (Lipinski definition) is 3. The summed E-state index contributed by atoms with van der Waals surface area (Å²) in [5.41, 5.74) is 3.00. The standard InChI is InChI=1S/C27H29ClN2O3/c1-3-20-12-14-24(15-13-20)33-19-26(31)30(18-22-10-7-11-23(28)16-22)25(27(32)29-2)17-21-8-5-4-6-9-21/h4-16,25H,3,17-19H2,1-2H3,(H,29,32)/t25-/m1/s1. The number of carbonyl (C=O) groups excluding carboxylic acids is 2. The van der Waals surface area contributed by atoms with Crippen molar-refractivity contribution in [2.75, 3.05) is 13.7 Å². The zero-order valence-corrected chi connectivity index (χ0v) is 19.7. The third-order valence-electron chi connectivity index (χ3n) is 5.45. The number of hydrogen-bond donors (Lipinski definition) is 1. The van der Waals surface area contributed by atoms with E-state index in [-0.39, 0.29) is 25.0 Å². The number of aryl methyl sites for hydroxylation is 1. The molecule has 0 spiro atoms. The van der Waals surface area contributed by atoms with Crippen LogP contribution in [0.3, 0.4) is 0 Å². The van der Waals surface area contributed by atoms with E-state index in [0.29, 0.717) is 17.2 Å². The number of rotatable bonds is 10. The minimum Gasteiger partial charge on any atom is -0.484 e. The van der Waals surface area contributed by atoms with Crippen LogP contribution < -0.4 is 10.1 Å². The van der Waals surface area contributed by atoms with E-state index in [2.05, 4.69) is 12.2 Å². The lowest BCUT2D eigenvalue weighted by molar-refractivity contribution is -0.142. The Morgan fingerprint density at radius 3 is 2.27 bits per heavy atom. The highest BCUT2D eigenvalue weighted by molar-refractivity contribution is 6.30. The summed E-state index contributed by atoms with van der Waals surface area (Å²) >= 11 is 6.17. The van der Waals surface area contributed by atoms with Crippen LogP contribution in [0.2, 0.25) is 5.02 Å². The lowest BCUT2D eigenvalue weighted by atomic mass is 10.0. The molecule has 0 heterocycles. The Labute approximate surface area is 200 Å². The molecule has 0 saturated carbocycles. The second kappa shape index (κ2) is 12.1. The molecule has 33 heavy (non-hydrogen) atoms. The van der Waals surface area contributed by atoms with E-state index >= 15 is 0 Å². The smallest absolute Gasteiger partial charge is 0.261 e. The van der Waals surface area contributed by atoms with Crippen molar-refractivity contribution < 1.29 is 14.3 Å². The predicted molar refractivity (Wildman–Crippen MR) is 131 cm³/mol. The first-order valence-electron chi connectivity index (χ1n) is 11.0. The van der Waals surface area contributed by atoms with Crippen molar-refractivity contribution in [2.45, 2.75) is 32.4 Å². The molecule has 3 aromatic rings. The van der Waals surface area contributed by atoms with Gasteiger partial charge in [0.1, 0.15) is 11.8 Å². The van der Waals surface area contributed by atoms with Crippen molar-refractivity contribution in [2.24, 2.45) is 0 Å². The Hall–Kier alpha value is -3.31. The fraction of sp³-hybridized carbons (Fsp3) is 0.259. The SMILES string of the molecule is CCc1ccc(OCC(=O)N(Cc2cccc(Cl)c2)[C@H](Cc2ccccc2)C(=O)NC)cc1. The Morgan fingerprint density at radius 2 is 1.64 bits per heavy atom. The van der Waals surface area contributed by atoms with Crippen LogP contribution in [0, 0.1) is 0 Å². The minimum absolute atomic E-state index is 0.172. The van der Waals surface area contributed by atoms with Crippen LogP contribution in [-0.2, 0) is 29.0 Å². The van der Waals surface area contributed by atoms with Gasteiger partial charge in [-0.15, -0.1) is 0 Å². The zero-order chi connectivity index (χ0) is 23.6. The summed E-state index contributed by atoms with van der Waals surface area (Å²) in [5.74, 6) is 0.100. The maximum atomic E-state index is 13.4. The van der Waals surface area contributed by atoms with Gasteiger partial charge in [0.05, 0.1) is 0 Å². The summed E-state index contributed by atoms with van der Waals surface area (Å²) in [7, 11) is 1.58. The van der Waals surface area contributed by atoms with Crippen LogP contribution in [0.25, 0.3) is 0 Å². The number of halogens is 1. The van der Waals surface area contributed by atoms with Gasteiger partial charge in [-0.1, -0.05) is 73.1 Å². The number of ether oxygens (including phenoxy) is 1. The van der Waals surface area contributed by atoms with E-state index in [9.17, 15) is 9.59 Å². The normalized spacial score (nSPS) is 11.5. The van der Waals surface area contributed by atoms with Crippen molar-refractivity contribution in [1.82, 2.24) is 10.2 Å². The van der Waals surface area contributed by atoms with Crippen LogP contribution in [0.15, 0.2) is 78.9 Å². The Bertz CT molecular complexity index is 1050. The molecule has 172 valence electrons. The number of nitrogens with one attached hydrogen (secondary N) is 1. The van der Waals surface area contributed by atoms with Crippen LogP contribution >= 0.6 is 11.6 Å². The average molecular weight is 465 g/mol. The maximum Gasteiger partial charge on any atom is 0.261 e. The van der Waals surface area contributed by atoms with Gasteiger partial charge < -0.3 is 15.0 Å². The van der Waals surface area contributed by atoms with E-state index in [1.54, 1.807) is 24.1 Å². The lowest BCUT2D eigenvalue weighted by Crippen LogP contribution is -2.51. The molecule has 0 saturated heterocycles. The van der Waals surface area contributed by atoms with Gasteiger partial charge in [0.25, 0.3) is 5.91 Å². The Kier molecular flexibility index (Phi) is 8.90. The van der Waals surface area contributed by atoms with E-state index in [1.165, 1.54) is 5.56 Å². The molecule has 1 atom stereocenters. The molecular formula is C27H29ClN2O3. The van der Waals surface area contributed by atoms with Crippen LogP contribution in [-0.4, -0.2) is 36.4 Å². The topological polar surface area (TPSA) is 58.6 Å². The van der Waals surface area contributed by atoms with Crippen LogP contribution in [0.4, 0.5) is 0 Å². The number of benzene rings is 3. The third-order valence-corrected chi connectivity index (χ3v) is 5.69. The highest BCUT2D eigenvalue weighted by Gasteiger charge is 2.30. The molecule has 0 aliphatic rings. The van der Waals surface area contributed by atoms with Crippen LogP contribution in [0.5, 0.6) is 5.75 Å². The van der Waals surface area contributed by atoms with Gasteiger partial charge in [0.2, 0.25) is 5.91 Å². The lowest BCUT2D eigenvalue weighted by Gasteiger charge is -2.31. The van der Waals surface area contributed by atoms with Gasteiger partial charge in [-0.2, -0.15) is 0 Å². The van der Waals surface area contributed by atoms with E-state index in [1.807, 2.05) is 66.7 Å². The molecule has 3 rings (SSSR count). The molecular weight excluding hydrogens is 436 g/mol. The van der Waals surface area contributed by atoms with Gasteiger partial charge in [0, 0.05) is 25.0 Å². The monoisotopic (exact) mass is 464 g/mol. The summed E-state index contributed by atoms with van der Waals surface area (Å²) in [6, 6.07) is 23.9. The van der Waals surface area contributed by atoms with Crippen LogP contribution in [0.1, 0.15) is 23.6 Å². The summed E-state index contributed by atoms with van der Waals surface area (Å²) in [6.45, 7) is 2.15. The Morgan fingerprint density at radius 1 is 0.939 bits per heavy atom. The molecule has 1 N–H and O–H groups in total. The molecule has 5 nitrogen and oxygen atoms in total. The number of nitrogens with zero attached hydrogens (tertiary/aromatic N) is 1. The van der Waals surface area contributed by atoms with Crippen molar-refractivity contribution >= 4 is 23.4 Å². The first-order chi connectivity index (χ1) is 16.0. The van der Waals surface area contributed by atoms with Gasteiger partial charge >= 0.3 is 0 Å². The summed E-state index contributed by atoms with van der Waals surface area (Å²) in [4.78, 5) is 27.8. The highest BCUT2D eigenvalue weighted by Crippen LogP contribution is 2.18. The quantitative estimate of drug-likeness (QED) is 0.474. The molecule has 0 aliphatic heterocycles. The largest absolute Gasteiger partial charge is 0.484 e. The predicted octanol–water partition coefficient (Wildman–Crippen LogP) is 4.67. The number of carbonyl (C=O) groups is 2. The van der Waals surface area contributed by atoms with Crippen molar-refractivity contribution in [3.63, 3.8) is 0 Å². The zero-order valence-electron chi connectivity index (χ0n) is 19.0.